The molecule has 12 heavy (non-hydrogen) atoms. The second-order valence-electron chi connectivity index (χ2n) is 2.50. The van der Waals surface area contributed by atoms with Gasteiger partial charge in [0.1, 0.15) is 11.5 Å². The second kappa shape index (κ2) is 2.64. The molecule has 2 N–H and O–H groups in total. The van der Waals surface area contributed by atoms with Crippen LogP contribution >= 0.6 is 12.2 Å². The number of hydrogen-bond acceptors (Lipinski definition) is 3. The van der Waals surface area contributed by atoms with Gasteiger partial charge in [0, 0.05) is 0 Å². The first-order chi connectivity index (χ1) is 5.77. The Morgan fingerprint density at radius 3 is 3.17 bits per heavy atom. The zero-order valence-electron chi connectivity index (χ0n) is 6.20. The minimum atomic E-state index is 0.238. The molecule has 0 amide bonds. The Morgan fingerprint density at radius 1 is 1.50 bits per heavy atom. The van der Waals surface area contributed by atoms with E-state index in [0.29, 0.717) is 17.5 Å². The van der Waals surface area contributed by atoms with Gasteiger partial charge in [0.05, 0.1) is 12.1 Å². The zero-order chi connectivity index (χ0) is 8.55. The third-order valence-electron chi connectivity index (χ3n) is 1.72. The molecule has 3 nitrogen and oxygen atoms in total. The maximum atomic E-state index is 9.38. The van der Waals surface area contributed by atoms with Crippen molar-refractivity contribution in [1.29, 1.82) is 0 Å². The van der Waals surface area contributed by atoms with Gasteiger partial charge in [-0.1, -0.05) is 6.07 Å². The van der Waals surface area contributed by atoms with Gasteiger partial charge in [0.2, 0.25) is 0 Å². The first-order valence-corrected chi connectivity index (χ1v) is 3.95. The summed E-state index contributed by atoms with van der Waals surface area (Å²) in [6, 6.07) is 5.13. The molecule has 1 aliphatic rings. The molecule has 1 aliphatic heterocycles. The molecule has 2 rings (SSSR count). The van der Waals surface area contributed by atoms with Gasteiger partial charge < -0.3 is 15.2 Å². The van der Waals surface area contributed by atoms with E-state index in [1.807, 2.05) is 0 Å². The van der Waals surface area contributed by atoms with Crippen LogP contribution < -0.4 is 10.1 Å². The fraction of sp³-hybridized carbons (Fsp3) is 0.125. The number of nitrogens with one attached hydrogen (secondary N) is 1. The summed E-state index contributed by atoms with van der Waals surface area (Å²) in [5.41, 5.74) is 0.756. The highest BCUT2D eigenvalue weighted by atomic mass is 32.1. The third kappa shape index (κ3) is 1.10. The lowest BCUT2D eigenvalue weighted by atomic mass is 10.1. The van der Waals surface area contributed by atoms with Crippen molar-refractivity contribution in [1.82, 2.24) is 5.32 Å². The molecule has 0 saturated heterocycles. The summed E-state index contributed by atoms with van der Waals surface area (Å²) in [6.07, 6.45) is 0. The van der Waals surface area contributed by atoms with Gasteiger partial charge in [-0.3, -0.25) is 0 Å². The average Bonchev–Trinajstić information content (AvgIpc) is 2.04. The van der Waals surface area contributed by atoms with Crippen molar-refractivity contribution in [2.45, 2.75) is 6.54 Å². The summed E-state index contributed by atoms with van der Waals surface area (Å²) in [4.78, 5) is 0. The van der Waals surface area contributed by atoms with Crippen LogP contribution in [0, 0.1) is 0 Å². The lowest BCUT2D eigenvalue weighted by Gasteiger charge is -2.19. The quantitative estimate of drug-likeness (QED) is 0.589. The van der Waals surface area contributed by atoms with E-state index < -0.39 is 0 Å². The van der Waals surface area contributed by atoms with Crippen LogP contribution in [0.5, 0.6) is 11.5 Å². The number of phenols is 1. The first kappa shape index (κ1) is 7.36. The molecule has 0 fully saturated rings. The van der Waals surface area contributed by atoms with E-state index in [1.54, 1.807) is 18.2 Å². The first-order valence-electron chi connectivity index (χ1n) is 3.54. The lowest BCUT2D eigenvalue weighted by Crippen LogP contribution is -2.30. The second-order valence-corrected chi connectivity index (χ2v) is 2.87. The number of thiocarbonyl (C=S) groups is 1. The Labute approximate surface area is 75.0 Å². The summed E-state index contributed by atoms with van der Waals surface area (Å²) >= 11 is 4.81. The highest BCUT2D eigenvalue weighted by molar-refractivity contribution is 7.80. The number of hydrogen-bond donors (Lipinski definition) is 2. The molecule has 1 aromatic rings. The van der Waals surface area contributed by atoms with Gasteiger partial charge in [-0.15, -0.1) is 0 Å². The maximum absolute atomic E-state index is 9.38. The Hall–Kier alpha value is -1.29. The molecule has 0 aliphatic carbocycles. The highest BCUT2D eigenvalue weighted by Gasteiger charge is 2.15. The van der Waals surface area contributed by atoms with E-state index >= 15 is 0 Å². The number of fused-ring (bicyclic) bond motifs is 1. The Morgan fingerprint density at radius 2 is 2.33 bits per heavy atom. The normalized spacial score (nSPS) is 14.5. The van der Waals surface area contributed by atoms with Crippen LogP contribution in [-0.4, -0.2) is 10.3 Å². The standard InChI is InChI=1S/C8H7NO2S/c10-6-2-1-3-7-5(6)4-9-8(12)11-7/h1-3,10H,4H2,(H,9,12). The number of aromatic hydroxyl groups is 1. The molecule has 0 aromatic heterocycles. The van der Waals surface area contributed by atoms with Gasteiger partial charge >= 0.3 is 0 Å². The third-order valence-corrected chi connectivity index (χ3v) is 1.95. The van der Waals surface area contributed by atoms with Crippen molar-refractivity contribution < 1.29 is 9.84 Å². The minimum Gasteiger partial charge on any atom is -0.507 e. The average molecular weight is 181 g/mol. The van der Waals surface area contributed by atoms with Crippen LogP contribution in [0.1, 0.15) is 5.56 Å². The molecule has 4 heteroatoms. The van der Waals surface area contributed by atoms with Crippen molar-refractivity contribution in [3.63, 3.8) is 0 Å². The Bertz CT molecular complexity index is 338. The Kier molecular flexibility index (Phi) is 1.62. The van der Waals surface area contributed by atoms with Crippen LogP contribution in [0.25, 0.3) is 0 Å². The molecule has 0 spiro atoms. The summed E-state index contributed by atoms with van der Waals surface area (Å²) < 4.78 is 5.17. The lowest BCUT2D eigenvalue weighted by molar-refractivity contribution is 0.442. The summed E-state index contributed by atoms with van der Waals surface area (Å²) in [5, 5.41) is 12.6. The topological polar surface area (TPSA) is 41.5 Å². The van der Waals surface area contributed by atoms with Gasteiger partial charge in [0.15, 0.2) is 0 Å². The maximum Gasteiger partial charge on any atom is 0.262 e. The van der Waals surface area contributed by atoms with E-state index in [9.17, 15) is 5.11 Å². The van der Waals surface area contributed by atoms with Crippen LogP contribution in [-0.2, 0) is 6.54 Å². The minimum absolute atomic E-state index is 0.238. The van der Waals surface area contributed by atoms with Gasteiger partial charge in [-0.2, -0.15) is 0 Å². The number of rotatable bonds is 0. The van der Waals surface area contributed by atoms with Crippen LogP contribution in [0.2, 0.25) is 0 Å². The van der Waals surface area contributed by atoms with Crippen molar-refractivity contribution in [2.75, 3.05) is 0 Å². The molecular weight excluding hydrogens is 174 g/mol. The zero-order valence-corrected chi connectivity index (χ0v) is 7.02. The molecule has 0 radical (unpaired) electrons. The monoisotopic (exact) mass is 181 g/mol. The molecule has 62 valence electrons. The predicted octanol–water partition coefficient (Wildman–Crippen LogP) is 1.16. The van der Waals surface area contributed by atoms with E-state index in [4.69, 9.17) is 17.0 Å². The predicted molar refractivity (Wildman–Crippen MR) is 48.2 cm³/mol. The molecule has 0 saturated carbocycles. The number of ether oxygens (including phenoxy) is 1. The smallest absolute Gasteiger partial charge is 0.262 e. The molecule has 1 aromatic carbocycles. The molecular formula is C8H7NO2S. The van der Waals surface area contributed by atoms with E-state index in [-0.39, 0.29) is 5.75 Å². The van der Waals surface area contributed by atoms with Gasteiger partial charge in [-0.05, 0) is 24.4 Å². The van der Waals surface area contributed by atoms with E-state index in [1.165, 1.54) is 0 Å². The summed E-state index contributed by atoms with van der Waals surface area (Å²) in [5.74, 6) is 0.876. The van der Waals surface area contributed by atoms with Crippen molar-refractivity contribution in [3.05, 3.63) is 23.8 Å². The van der Waals surface area contributed by atoms with Crippen LogP contribution in [0.4, 0.5) is 0 Å². The fourth-order valence-electron chi connectivity index (χ4n) is 1.12. The van der Waals surface area contributed by atoms with Gasteiger partial charge in [-0.25, -0.2) is 0 Å². The molecule has 0 unspecified atom stereocenters. The van der Waals surface area contributed by atoms with Crippen molar-refractivity contribution in [3.8, 4) is 11.5 Å². The summed E-state index contributed by atoms with van der Waals surface area (Å²) in [7, 11) is 0. The van der Waals surface area contributed by atoms with Crippen LogP contribution in [0.3, 0.4) is 0 Å². The Balaban J connectivity index is 2.48. The van der Waals surface area contributed by atoms with Crippen molar-refractivity contribution >= 4 is 17.4 Å². The largest absolute Gasteiger partial charge is 0.507 e. The number of benzene rings is 1. The SMILES string of the molecule is Oc1cccc2c1CNC(=S)O2. The van der Waals surface area contributed by atoms with E-state index in [0.717, 1.165) is 5.56 Å². The van der Waals surface area contributed by atoms with Crippen LogP contribution in [0.15, 0.2) is 18.2 Å². The van der Waals surface area contributed by atoms with Crippen molar-refractivity contribution in [2.24, 2.45) is 0 Å². The van der Waals surface area contributed by atoms with Gasteiger partial charge in [0.25, 0.3) is 5.17 Å². The molecule has 0 bridgehead atoms. The fourth-order valence-corrected chi connectivity index (χ4v) is 1.29. The van der Waals surface area contributed by atoms with E-state index in [2.05, 4.69) is 5.32 Å². The number of phenolic OH excluding ortho intramolecular Hbond substituents is 1. The molecule has 1 heterocycles. The summed E-state index contributed by atoms with van der Waals surface area (Å²) in [6.45, 7) is 0.529. The molecule has 0 atom stereocenters. The highest BCUT2D eigenvalue weighted by Crippen LogP contribution is 2.29.